The van der Waals surface area contributed by atoms with Crippen molar-refractivity contribution in [1.82, 2.24) is 0 Å². The van der Waals surface area contributed by atoms with E-state index in [1.54, 1.807) is 0 Å². The molecule has 0 saturated heterocycles. The van der Waals surface area contributed by atoms with Crippen molar-refractivity contribution in [1.29, 1.82) is 0 Å². The van der Waals surface area contributed by atoms with Gasteiger partial charge in [0, 0.05) is 12.3 Å². The van der Waals surface area contributed by atoms with Crippen molar-refractivity contribution in [3.63, 3.8) is 0 Å². The Morgan fingerprint density at radius 1 is 1.67 bits per heavy atom. The lowest BCUT2D eigenvalue weighted by Gasteiger charge is -2.18. The monoisotopic (exact) mass is 125 g/mol. The minimum absolute atomic E-state index is 0.804. The quantitative estimate of drug-likeness (QED) is 0.509. The molecule has 0 spiro atoms. The van der Waals surface area contributed by atoms with E-state index >= 15 is 0 Å². The van der Waals surface area contributed by atoms with Crippen LogP contribution in [-0.2, 0) is 0 Å². The van der Waals surface area contributed by atoms with Crippen molar-refractivity contribution in [2.45, 2.75) is 33.1 Å². The van der Waals surface area contributed by atoms with Crippen LogP contribution in [0.3, 0.4) is 0 Å². The highest BCUT2D eigenvalue weighted by Crippen LogP contribution is 2.17. The van der Waals surface area contributed by atoms with Crippen LogP contribution >= 0.6 is 0 Å². The van der Waals surface area contributed by atoms with Gasteiger partial charge in [-0.3, -0.25) is 4.99 Å². The van der Waals surface area contributed by atoms with Gasteiger partial charge in [0.25, 0.3) is 0 Å². The minimum Gasteiger partial charge on any atom is -0.294 e. The number of rotatable bonds is 1. The third-order valence-corrected chi connectivity index (χ3v) is 2.16. The molecule has 0 aromatic rings. The van der Waals surface area contributed by atoms with E-state index in [9.17, 15) is 0 Å². The van der Waals surface area contributed by atoms with Crippen molar-refractivity contribution in [3.8, 4) is 0 Å². The van der Waals surface area contributed by atoms with E-state index in [2.05, 4.69) is 18.8 Å². The molecular weight excluding hydrogens is 110 g/mol. The zero-order valence-corrected chi connectivity index (χ0v) is 6.35. The molecule has 0 radical (unpaired) electrons. The summed E-state index contributed by atoms with van der Waals surface area (Å²) in [5, 5.41) is 0. The van der Waals surface area contributed by atoms with E-state index in [1.807, 2.05) is 0 Å². The molecule has 0 aromatic heterocycles. The molecule has 0 amide bonds. The van der Waals surface area contributed by atoms with Crippen LogP contribution in [0.15, 0.2) is 4.99 Å². The highest BCUT2D eigenvalue weighted by molar-refractivity contribution is 5.84. The topological polar surface area (TPSA) is 12.4 Å². The molecule has 0 bridgehead atoms. The van der Waals surface area contributed by atoms with E-state index in [4.69, 9.17) is 0 Å². The van der Waals surface area contributed by atoms with Gasteiger partial charge < -0.3 is 0 Å². The fraction of sp³-hybridized carbons (Fsp3) is 0.875. The Labute approximate surface area is 57.2 Å². The molecule has 1 atom stereocenters. The number of hydrogen-bond acceptors (Lipinski definition) is 1. The average molecular weight is 125 g/mol. The fourth-order valence-electron chi connectivity index (χ4n) is 1.43. The first-order valence-electron chi connectivity index (χ1n) is 3.85. The first kappa shape index (κ1) is 6.79. The third-order valence-electron chi connectivity index (χ3n) is 2.16. The van der Waals surface area contributed by atoms with Crippen LogP contribution in [-0.4, -0.2) is 12.3 Å². The Bertz CT molecular complexity index is 116. The van der Waals surface area contributed by atoms with Gasteiger partial charge in [0.1, 0.15) is 0 Å². The summed E-state index contributed by atoms with van der Waals surface area (Å²) >= 11 is 0. The largest absolute Gasteiger partial charge is 0.294 e. The molecule has 1 rings (SSSR count). The van der Waals surface area contributed by atoms with Crippen molar-refractivity contribution >= 4 is 5.71 Å². The zero-order chi connectivity index (χ0) is 6.69. The van der Waals surface area contributed by atoms with Crippen LogP contribution in [0.25, 0.3) is 0 Å². The van der Waals surface area contributed by atoms with Crippen molar-refractivity contribution in [2.24, 2.45) is 10.9 Å². The molecule has 1 nitrogen and oxygen atoms in total. The first-order chi connectivity index (χ1) is 4.34. The van der Waals surface area contributed by atoms with Gasteiger partial charge in [-0.05, 0) is 32.1 Å². The molecule has 0 aromatic carbocycles. The molecule has 1 heteroatoms. The van der Waals surface area contributed by atoms with Crippen LogP contribution in [0.5, 0.6) is 0 Å². The van der Waals surface area contributed by atoms with Gasteiger partial charge in [-0.1, -0.05) is 6.92 Å². The van der Waals surface area contributed by atoms with Gasteiger partial charge in [-0.25, -0.2) is 0 Å². The summed E-state index contributed by atoms with van der Waals surface area (Å²) in [5.41, 5.74) is 1.38. The maximum absolute atomic E-state index is 4.40. The van der Waals surface area contributed by atoms with Crippen molar-refractivity contribution in [2.75, 3.05) is 6.54 Å². The van der Waals surface area contributed by atoms with Gasteiger partial charge in [-0.15, -0.1) is 0 Å². The maximum atomic E-state index is 4.40. The van der Waals surface area contributed by atoms with E-state index < -0.39 is 0 Å². The summed E-state index contributed by atoms with van der Waals surface area (Å²) < 4.78 is 0. The van der Waals surface area contributed by atoms with Crippen LogP contribution in [0.2, 0.25) is 0 Å². The second-order valence-corrected chi connectivity index (χ2v) is 2.77. The summed E-state index contributed by atoms with van der Waals surface area (Å²) in [7, 11) is 0. The average Bonchev–Trinajstić information content (AvgIpc) is 1.89. The molecule has 0 aliphatic carbocycles. The van der Waals surface area contributed by atoms with E-state index in [0.29, 0.717) is 0 Å². The third kappa shape index (κ3) is 1.54. The normalized spacial score (nSPS) is 27.8. The Morgan fingerprint density at radius 3 is 2.89 bits per heavy atom. The molecule has 9 heavy (non-hydrogen) atoms. The molecule has 1 unspecified atom stereocenters. The molecule has 0 fully saturated rings. The summed E-state index contributed by atoms with van der Waals surface area (Å²) in [6.07, 6.45) is 3.94. The smallest absolute Gasteiger partial charge is 0.0388 e. The van der Waals surface area contributed by atoms with E-state index in [-0.39, 0.29) is 0 Å². The molecule has 1 heterocycles. The van der Waals surface area contributed by atoms with Crippen LogP contribution in [0.1, 0.15) is 33.1 Å². The second-order valence-electron chi connectivity index (χ2n) is 2.77. The Morgan fingerprint density at radius 2 is 2.44 bits per heavy atom. The van der Waals surface area contributed by atoms with Crippen molar-refractivity contribution < 1.29 is 0 Å². The van der Waals surface area contributed by atoms with Crippen LogP contribution < -0.4 is 0 Å². The Balaban J connectivity index is 2.50. The van der Waals surface area contributed by atoms with Gasteiger partial charge in [0.15, 0.2) is 0 Å². The summed E-state index contributed by atoms with van der Waals surface area (Å²) in [6.45, 7) is 5.48. The Kier molecular flexibility index (Phi) is 2.26. The summed E-state index contributed by atoms with van der Waals surface area (Å²) in [6, 6.07) is 0. The van der Waals surface area contributed by atoms with Gasteiger partial charge in [0.05, 0.1) is 0 Å². The molecular formula is C8H15N. The molecule has 1 aliphatic rings. The minimum atomic E-state index is 0.804. The second kappa shape index (κ2) is 3.00. The van der Waals surface area contributed by atoms with Crippen LogP contribution in [0.4, 0.5) is 0 Å². The number of nitrogens with zero attached hydrogens (tertiary/aromatic N) is 1. The van der Waals surface area contributed by atoms with Crippen molar-refractivity contribution in [3.05, 3.63) is 0 Å². The van der Waals surface area contributed by atoms with Gasteiger partial charge >= 0.3 is 0 Å². The zero-order valence-electron chi connectivity index (χ0n) is 6.35. The molecule has 0 saturated carbocycles. The first-order valence-corrected chi connectivity index (χ1v) is 3.85. The lowest BCUT2D eigenvalue weighted by atomic mass is 9.93. The van der Waals surface area contributed by atoms with Gasteiger partial charge in [0.2, 0.25) is 0 Å². The standard InChI is InChI=1S/C8H15N/c1-3-8-5-4-6-9-7(8)2/h8H,3-6H2,1-2H3. The number of hydrogen-bond donors (Lipinski definition) is 0. The fourth-order valence-corrected chi connectivity index (χ4v) is 1.43. The highest BCUT2D eigenvalue weighted by atomic mass is 14.7. The lowest BCUT2D eigenvalue weighted by Crippen LogP contribution is -2.15. The summed E-state index contributed by atoms with van der Waals surface area (Å²) in [4.78, 5) is 4.40. The molecule has 52 valence electrons. The predicted octanol–water partition coefficient (Wildman–Crippen LogP) is 2.27. The van der Waals surface area contributed by atoms with E-state index in [0.717, 1.165) is 12.5 Å². The molecule has 0 N–H and O–H groups in total. The predicted molar refractivity (Wildman–Crippen MR) is 41.0 cm³/mol. The van der Waals surface area contributed by atoms with Gasteiger partial charge in [-0.2, -0.15) is 0 Å². The Hall–Kier alpha value is -0.330. The van der Waals surface area contributed by atoms with E-state index in [1.165, 1.54) is 25.0 Å². The van der Waals surface area contributed by atoms with Crippen LogP contribution in [0, 0.1) is 5.92 Å². The lowest BCUT2D eigenvalue weighted by molar-refractivity contribution is 0.551. The summed E-state index contributed by atoms with van der Waals surface area (Å²) in [5.74, 6) is 0.804. The number of aliphatic imine (C=N–C) groups is 1. The highest BCUT2D eigenvalue weighted by Gasteiger charge is 2.12. The SMILES string of the molecule is CCC1CCCN=C1C. The maximum Gasteiger partial charge on any atom is 0.0388 e. The molecule has 1 aliphatic heterocycles.